The fourth-order valence-electron chi connectivity index (χ4n) is 2.12. The van der Waals surface area contributed by atoms with E-state index < -0.39 is 23.8 Å². The number of aliphatic hydroxyl groups excluding tert-OH is 1. The lowest BCUT2D eigenvalue weighted by atomic mass is 10.1. The number of Topliss-reactive ketones (excluding diaryl/α,β-unsaturated/α-hetero) is 1. The molecular weight excluding hydrogens is 262 g/mol. The third-order valence-electron chi connectivity index (χ3n) is 2.98. The van der Waals surface area contributed by atoms with Crippen molar-refractivity contribution in [2.45, 2.75) is 19.4 Å². The molecule has 1 heterocycles. The topological polar surface area (TPSA) is 83.9 Å². The molecule has 6 nitrogen and oxygen atoms in total. The van der Waals surface area contributed by atoms with E-state index in [2.05, 4.69) is 0 Å². The molecule has 0 saturated carbocycles. The van der Waals surface area contributed by atoms with Gasteiger partial charge in [-0.1, -0.05) is 12.1 Å². The van der Waals surface area contributed by atoms with Crippen LogP contribution in [-0.2, 0) is 14.3 Å². The van der Waals surface area contributed by atoms with E-state index >= 15 is 0 Å². The highest BCUT2D eigenvalue weighted by Crippen LogP contribution is 2.28. The standard InChI is InChI=1S/C14H15NO5/c1-2-20-12(17)7-9(16)8-15-11-6-4-3-5-10(11)13(18)14(15)19/h3-6,9,16H,2,7-8H2,1H3. The molecule has 1 N–H and O–H groups in total. The molecule has 1 aliphatic rings. The van der Waals surface area contributed by atoms with Crippen LogP contribution in [0.5, 0.6) is 0 Å². The van der Waals surface area contributed by atoms with Gasteiger partial charge >= 0.3 is 5.97 Å². The summed E-state index contributed by atoms with van der Waals surface area (Å²) in [6, 6.07) is 6.57. The fourth-order valence-corrected chi connectivity index (χ4v) is 2.12. The number of carbonyl (C=O) groups excluding carboxylic acids is 3. The van der Waals surface area contributed by atoms with Crippen LogP contribution < -0.4 is 4.90 Å². The maximum absolute atomic E-state index is 11.9. The number of hydrogen-bond donors (Lipinski definition) is 1. The lowest BCUT2D eigenvalue weighted by Crippen LogP contribution is -2.37. The number of ketones is 1. The van der Waals surface area contributed by atoms with Crippen molar-refractivity contribution in [1.29, 1.82) is 0 Å². The maximum atomic E-state index is 11.9. The molecule has 0 aromatic heterocycles. The third kappa shape index (κ3) is 2.70. The molecule has 1 unspecified atom stereocenters. The van der Waals surface area contributed by atoms with Gasteiger partial charge in [-0.05, 0) is 19.1 Å². The molecule has 20 heavy (non-hydrogen) atoms. The monoisotopic (exact) mass is 277 g/mol. The summed E-state index contributed by atoms with van der Waals surface area (Å²) < 4.78 is 4.73. The van der Waals surface area contributed by atoms with Crippen LogP contribution in [0.25, 0.3) is 0 Å². The Labute approximate surface area is 115 Å². The Balaban J connectivity index is 2.08. The fraction of sp³-hybridized carbons (Fsp3) is 0.357. The SMILES string of the molecule is CCOC(=O)CC(O)CN1C(=O)C(=O)c2ccccc21. The number of nitrogens with zero attached hydrogens (tertiary/aromatic N) is 1. The van der Waals surface area contributed by atoms with Crippen LogP contribution >= 0.6 is 0 Å². The van der Waals surface area contributed by atoms with Crippen LogP contribution in [0.15, 0.2) is 24.3 Å². The van der Waals surface area contributed by atoms with Crippen LogP contribution in [0.4, 0.5) is 5.69 Å². The largest absolute Gasteiger partial charge is 0.466 e. The highest BCUT2D eigenvalue weighted by Gasteiger charge is 2.36. The summed E-state index contributed by atoms with van der Waals surface area (Å²) in [5.74, 6) is -1.82. The molecule has 1 atom stereocenters. The lowest BCUT2D eigenvalue weighted by molar-refractivity contribution is -0.145. The molecule has 0 radical (unpaired) electrons. The van der Waals surface area contributed by atoms with Crippen molar-refractivity contribution in [3.05, 3.63) is 29.8 Å². The number of ether oxygens (including phenoxy) is 1. The summed E-state index contributed by atoms with van der Waals surface area (Å²) in [7, 11) is 0. The molecule has 0 saturated heterocycles. The summed E-state index contributed by atoms with van der Waals surface area (Å²) in [5, 5.41) is 9.83. The Bertz CT molecular complexity index is 554. The van der Waals surface area contributed by atoms with Gasteiger partial charge in [0.1, 0.15) is 0 Å². The summed E-state index contributed by atoms with van der Waals surface area (Å²) in [5.41, 5.74) is 0.784. The quantitative estimate of drug-likeness (QED) is 0.627. The van der Waals surface area contributed by atoms with E-state index in [1.54, 1.807) is 31.2 Å². The summed E-state index contributed by atoms with van der Waals surface area (Å²) in [6.45, 7) is 1.79. The molecule has 2 rings (SSSR count). The van der Waals surface area contributed by atoms with Gasteiger partial charge in [-0.3, -0.25) is 14.4 Å². The van der Waals surface area contributed by atoms with Gasteiger partial charge in [0.25, 0.3) is 11.7 Å². The minimum absolute atomic E-state index is 0.111. The first-order valence-electron chi connectivity index (χ1n) is 6.33. The number of carbonyl (C=O) groups is 3. The number of anilines is 1. The van der Waals surface area contributed by atoms with Crippen molar-refractivity contribution in [3.8, 4) is 0 Å². The lowest BCUT2D eigenvalue weighted by Gasteiger charge is -2.19. The van der Waals surface area contributed by atoms with Crippen molar-refractivity contribution < 1.29 is 24.2 Å². The van der Waals surface area contributed by atoms with Crippen molar-refractivity contribution in [3.63, 3.8) is 0 Å². The first-order valence-corrected chi connectivity index (χ1v) is 6.33. The Morgan fingerprint density at radius 3 is 2.75 bits per heavy atom. The highest BCUT2D eigenvalue weighted by molar-refractivity contribution is 6.52. The molecule has 0 fully saturated rings. The number of amides is 1. The number of aliphatic hydroxyl groups is 1. The zero-order valence-corrected chi connectivity index (χ0v) is 11.0. The Morgan fingerprint density at radius 2 is 2.05 bits per heavy atom. The molecule has 0 bridgehead atoms. The van der Waals surface area contributed by atoms with Gasteiger partial charge in [0.2, 0.25) is 0 Å². The Morgan fingerprint density at radius 1 is 1.35 bits per heavy atom. The molecule has 1 aromatic rings. The average Bonchev–Trinajstić information content (AvgIpc) is 2.65. The van der Waals surface area contributed by atoms with Crippen molar-refractivity contribution >= 4 is 23.3 Å². The molecule has 1 aliphatic heterocycles. The number of rotatable bonds is 5. The second kappa shape index (κ2) is 5.83. The van der Waals surface area contributed by atoms with Crippen LogP contribution in [-0.4, -0.2) is 42.0 Å². The number of hydrogen-bond acceptors (Lipinski definition) is 5. The minimum atomic E-state index is -1.07. The van der Waals surface area contributed by atoms with E-state index in [1.165, 1.54) is 4.90 Å². The second-order valence-corrected chi connectivity index (χ2v) is 4.42. The molecule has 0 aliphatic carbocycles. The average molecular weight is 277 g/mol. The van der Waals surface area contributed by atoms with Gasteiger partial charge in [-0.25, -0.2) is 0 Å². The maximum Gasteiger partial charge on any atom is 0.308 e. The predicted octanol–water partition coefficient (Wildman–Crippen LogP) is 0.530. The van der Waals surface area contributed by atoms with Gasteiger partial charge in [0.05, 0.1) is 36.9 Å². The highest BCUT2D eigenvalue weighted by atomic mass is 16.5. The summed E-state index contributed by atoms with van der Waals surface area (Å²) in [4.78, 5) is 36.1. The number of fused-ring (bicyclic) bond motifs is 1. The van der Waals surface area contributed by atoms with Crippen LogP contribution in [0.1, 0.15) is 23.7 Å². The van der Waals surface area contributed by atoms with Crippen molar-refractivity contribution in [2.24, 2.45) is 0 Å². The minimum Gasteiger partial charge on any atom is -0.466 e. The van der Waals surface area contributed by atoms with Gasteiger partial charge in [-0.2, -0.15) is 0 Å². The Kier molecular flexibility index (Phi) is 4.14. The van der Waals surface area contributed by atoms with E-state index in [-0.39, 0.29) is 19.6 Å². The zero-order valence-electron chi connectivity index (χ0n) is 11.0. The third-order valence-corrected chi connectivity index (χ3v) is 2.98. The molecule has 106 valence electrons. The summed E-state index contributed by atoms with van der Waals surface area (Å²) >= 11 is 0. The number of para-hydroxylation sites is 1. The van der Waals surface area contributed by atoms with E-state index in [4.69, 9.17) is 4.74 Å². The first-order chi connectivity index (χ1) is 9.54. The van der Waals surface area contributed by atoms with E-state index in [0.29, 0.717) is 11.3 Å². The number of esters is 1. The first kappa shape index (κ1) is 14.2. The van der Waals surface area contributed by atoms with Gasteiger partial charge < -0.3 is 14.7 Å². The van der Waals surface area contributed by atoms with Gasteiger partial charge in [-0.15, -0.1) is 0 Å². The van der Waals surface area contributed by atoms with Crippen LogP contribution in [0.2, 0.25) is 0 Å². The van der Waals surface area contributed by atoms with E-state index in [0.717, 1.165) is 0 Å². The smallest absolute Gasteiger partial charge is 0.308 e. The summed E-state index contributed by atoms with van der Waals surface area (Å²) in [6.07, 6.45) is -1.29. The van der Waals surface area contributed by atoms with E-state index in [1.807, 2.05) is 0 Å². The van der Waals surface area contributed by atoms with Crippen molar-refractivity contribution in [1.82, 2.24) is 0 Å². The molecule has 1 amide bonds. The molecule has 6 heteroatoms. The molecule has 1 aromatic carbocycles. The van der Waals surface area contributed by atoms with E-state index in [9.17, 15) is 19.5 Å². The van der Waals surface area contributed by atoms with Gasteiger partial charge in [0, 0.05) is 0 Å². The number of β-amino-alcohol motifs (C(OH)–C–C–N with tert-alkyl or cyclic N) is 1. The zero-order chi connectivity index (χ0) is 14.7. The number of benzene rings is 1. The Hall–Kier alpha value is -2.21. The van der Waals surface area contributed by atoms with Crippen molar-refractivity contribution in [2.75, 3.05) is 18.1 Å². The normalized spacial score (nSPS) is 15.2. The predicted molar refractivity (Wildman–Crippen MR) is 70.4 cm³/mol. The van der Waals surface area contributed by atoms with Crippen LogP contribution in [0.3, 0.4) is 0 Å². The van der Waals surface area contributed by atoms with Gasteiger partial charge in [0.15, 0.2) is 0 Å². The van der Waals surface area contributed by atoms with Crippen LogP contribution in [0, 0.1) is 0 Å². The molecular formula is C14H15NO5. The second-order valence-electron chi connectivity index (χ2n) is 4.42. The molecule has 0 spiro atoms.